The normalized spacial score (nSPS) is 11.4. The Morgan fingerprint density at radius 1 is 0.844 bits per heavy atom. The maximum absolute atomic E-state index is 13.3. The van der Waals surface area contributed by atoms with Crippen LogP contribution >= 0.6 is 0 Å². The van der Waals surface area contributed by atoms with Gasteiger partial charge < -0.3 is 15.0 Å². The van der Waals surface area contributed by atoms with Crippen molar-refractivity contribution in [2.45, 2.75) is 38.9 Å². The molecule has 0 aromatic heterocycles. The molecule has 0 fully saturated rings. The number of nitrogens with zero attached hydrogens (tertiary/aromatic N) is 1. The van der Waals surface area contributed by atoms with Crippen molar-refractivity contribution in [3.63, 3.8) is 0 Å². The van der Waals surface area contributed by atoms with Gasteiger partial charge in [-0.05, 0) is 28.8 Å². The van der Waals surface area contributed by atoms with Crippen molar-refractivity contribution >= 4 is 11.8 Å². The van der Waals surface area contributed by atoms with Crippen molar-refractivity contribution in [3.05, 3.63) is 102 Å². The van der Waals surface area contributed by atoms with Gasteiger partial charge in [-0.15, -0.1) is 0 Å². The molecule has 0 spiro atoms. The van der Waals surface area contributed by atoms with E-state index in [9.17, 15) is 9.59 Å². The Labute approximate surface area is 190 Å². The first kappa shape index (κ1) is 23.1. The predicted molar refractivity (Wildman–Crippen MR) is 126 cm³/mol. The van der Waals surface area contributed by atoms with Crippen LogP contribution in [0.4, 0.5) is 0 Å². The molecule has 166 valence electrons. The summed E-state index contributed by atoms with van der Waals surface area (Å²) in [4.78, 5) is 28.0. The number of carbonyl (C=O) groups is 2. The summed E-state index contributed by atoms with van der Waals surface area (Å²) >= 11 is 0. The van der Waals surface area contributed by atoms with Crippen LogP contribution < -0.4 is 10.1 Å². The molecule has 0 aliphatic heterocycles. The third-order valence-electron chi connectivity index (χ3n) is 5.40. The van der Waals surface area contributed by atoms with E-state index in [4.69, 9.17) is 4.74 Å². The van der Waals surface area contributed by atoms with Crippen LogP contribution in [0.25, 0.3) is 0 Å². The van der Waals surface area contributed by atoms with Gasteiger partial charge in [0, 0.05) is 25.9 Å². The lowest BCUT2D eigenvalue weighted by Gasteiger charge is -2.31. The zero-order valence-electron chi connectivity index (χ0n) is 18.7. The topological polar surface area (TPSA) is 58.6 Å². The highest BCUT2D eigenvalue weighted by molar-refractivity contribution is 5.88. The van der Waals surface area contributed by atoms with Crippen LogP contribution in [-0.4, -0.2) is 29.9 Å². The van der Waals surface area contributed by atoms with Crippen LogP contribution in [0.3, 0.4) is 0 Å². The van der Waals surface area contributed by atoms with Crippen LogP contribution in [0.5, 0.6) is 5.75 Å². The zero-order valence-corrected chi connectivity index (χ0v) is 18.7. The maximum Gasteiger partial charge on any atom is 0.243 e. The molecule has 0 saturated heterocycles. The summed E-state index contributed by atoms with van der Waals surface area (Å²) in [6, 6.07) is 26.6. The molecule has 0 aliphatic rings. The molecule has 3 aromatic rings. The van der Waals surface area contributed by atoms with Crippen LogP contribution in [0.15, 0.2) is 84.9 Å². The molecule has 0 heterocycles. The lowest BCUT2D eigenvalue weighted by molar-refractivity contribution is -0.141. The van der Waals surface area contributed by atoms with Gasteiger partial charge in [-0.1, -0.05) is 79.7 Å². The largest absolute Gasteiger partial charge is 0.497 e. The number of nitrogens with one attached hydrogen (secondary N) is 1. The Bertz CT molecular complexity index is 988. The molecular formula is C27H30N2O3. The SMILES string of the molecule is CCC(=O)N(Cc1ccc(OC)cc1)[C@H](Cc1ccccc1)C(=O)NCc1ccccc1. The zero-order chi connectivity index (χ0) is 22.8. The average molecular weight is 431 g/mol. The Kier molecular flexibility index (Phi) is 8.44. The van der Waals surface area contributed by atoms with Gasteiger partial charge in [0.15, 0.2) is 0 Å². The van der Waals surface area contributed by atoms with Crippen LogP contribution in [0.1, 0.15) is 30.0 Å². The van der Waals surface area contributed by atoms with E-state index in [-0.39, 0.29) is 11.8 Å². The fourth-order valence-corrected chi connectivity index (χ4v) is 3.59. The first-order chi connectivity index (χ1) is 15.6. The molecule has 2 amide bonds. The summed E-state index contributed by atoms with van der Waals surface area (Å²) in [5.74, 6) is 0.535. The highest BCUT2D eigenvalue weighted by Crippen LogP contribution is 2.18. The standard InChI is InChI=1S/C27H30N2O3/c1-3-26(30)29(20-23-14-16-24(32-2)17-15-23)25(18-21-10-6-4-7-11-21)27(31)28-19-22-12-8-5-9-13-22/h4-17,25H,3,18-20H2,1-2H3,(H,28,31)/t25-/m1/s1. The van der Waals surface area contributed by atoms with Gasteiger partial charge in [0.1, 0.15) is 11.8 Å². The van der Waals surface area contributed by atoms with E-state index in [2.05, 4.69) is 5.32 Å². The fourth-order valence-electron chi connectivity index (χ4n) is 3.59. The van der Waals surface area contributed by atoms with Crippen molar-refractivity contribution < 1.29 is 14.3 Å². The summed E-state index contributed by atoms with van der Waals surface area (Å²) < 4.78 is 5.24. The minimum absolute atomic E-state index is 0.0587. The molecule has 0 unspecified atom stereocenters. The van der Waals surface area contributed by atoms with Gasteiger partial charge in [-0.2, -0.15) is 0 Å². The lowest BCUT2D eigenvalue weighted by Crippen LogP contribution is -2.50. The minimum atomic E-state index is -0.615. The Morgan fingerprint density at radius 3 is 2.00 bits per heavy atom. The van der Waals surface area contributed by atoms with Crippen LogP contribution in [0, 0.1) is 0 Å². The fraction of sp³-hybridized carbons (Fsp3) is 0.259. The molecule has 3 aromatic carbocycles. The molecule has 1 N–H and O–H groups in total. The molecular weight excluding hydrogens is 400 g/mol. The van der Waals surface area contributed by atoms with E-state index >= 15 is 0 Å². The van der Waals surface area contributed by atoms with Crippen molar-refractivity contribution in [2.75, 3.05) is 7.11 Å². The first-order valence-electron chi connectivity index (χ1n) is 10.9. The number of rotatable bonds is 10. The first-order valence-corrected chi connectivity index (χ1v) is 10.9. The number of hydrogen-bond acceptors (Lipinski definition) is 3. The van der Waals surface area contributed by atoms with Gasteiger partial charge >= 0.3 is 0 Å². The van der Waals surface area contributed by atoms with Crippen LogP contribution in [-0.2, 0) is 29.1 Å². The second kappa shape index (κ2) is 11.7. The number of carbonyl (C=O) groups excluding carboxylic acids is 2. The Morgan fingerprint density at radius 2 is 1.44 bits per heavy atom. The van der Waals surface area contributed by atoms with E-state index in [0.29, 0.717) is 25.9 Å². The van der Waals surface area contributed by atoms with Gasteiger partial charge in [0.05, 0.1) is 7.11 Å². The van der Waals surface area contributed by atoms with E-state index < -0.39 is 6.04 Å². The molecule has 0 bridgehead atoms. The molecule has 0 radical (unpaired) electrons. The molecule has 32 heavy (non-hydrogen) atoms. The number of methoxy groups -OCH3 is 1. The highest BCUT2D eigenvalue weighted by atomic mass is 16.5. The monoisotopic (exact) mass is 430 g/mol. The third kappa shape index (κ3) is 6.45. The second-order valence-electron chi connectivity index (χ2n) is 7.63. The highest BCUT2D eigenvalue weighted by Gasteiger charge is 2.29. The number of ether oxygens (including phenoxy) is 1. The van der Waals surface area contributed by atoms with E-state index in [0.717, 1.165) is 22.4 Å². The number of benzene rings is 3. The third-order valence-corrected chi connectivity index (χ3v) is 5.40. The van der Waals surface area contributed by atoms with Gasteiger partial charge in [0.2, 0.25) is 11.8 Å². The van der Waals surface area contributed by atoms with Gasteiger partial charge in [-0.25, -0.2) is 0 Å². The van der Waals surface area contributed by atoms with E-state index in [1.54, 1.807) is 12.0 Å². The minimum Gasteiger partial charge on any atom is -0.497 e. The average Bonchev–Trinajstić information content (AvgIpc) is 2.85. The molecule has 3 rings (SSSR count). The van der Waals surface area contributed by atoms with Gasteiger partial charge in [-0.3, -0.25) is 9.59 Å². The summed E-state index contributed by atoms with van der Waals surface area (Å²) in [5.41, 5.74) is 2.97. The summed E-state index contributed by atoms with van der Waals surface area (Å²) in [6.45, 7) is 2.60. The maximum atomic E-state index is 13.3. The summed E-state index contributed by atoms with van der Waals surface area (Å²) in [6.07, 6.45) is 0.775. The van der Waals surface area contributed by atoms with E-state index in [1.165, 1.54) is 0 Å². The van der Waals surface area contributed by atoms with Crippen LogP contribution in [0.2, 0.25) is 0 Å². The molecule has 0 aliphatic carbocycles. The second-order valence-corrected chi connectivity index (χ2v) is 7.63. The van der Waals surface area contributed by atoms with Crippen molar-refractivity contribution in [3.8, 4) is 5.75 Å². The van der Waals surface area contributed by atoms with Gasteiger partial charge in [0.25, 0.3) is 0 Å². The number of amides is 2. The quantitative estimate of drug-likeness (QED) is 0.520. The van der Waals surface area contributed by atoms with Crippen molar-refractivity contribution in [1.29, 1.82) is 0 Å². The molecule has 1 atom stereocenters. The molecule has 5 heteroatoms. The Hall–Kier alpha value is -3.60. The summed E-state index contributed by atoms with van der Waals surface area (Å²) in [5, 5.41) is 3.03. The molecule has 5 nitrogen and oxygen atoms in total. The predicted octanol–water partition coefficient (Wildman–Crippen LogP) is 4.36. The summed E-state index contributed by atoms with van der Waals surface area (Å²) in [7, 11) is 1.62. The smallest absolute Gasteiger partial charge is 0.243 e. The lowest BCUT2D eigenvalue weighted by atomic mass is 10.0. The molecule has 0 saturated carbocycles. The van der Waals surface area contributed by atoms with Crippen molar-refractivity contribution in [1.82, 2.24) is 10.2 Å². The Balaban J connectivity index is 1.85. The number of hydrogen-bond donors (Lipinski definition) is 1. The van der Waals surface area contributed by atoms with E-state index in [1.807, 2.05) is 91.9 Å². The van der Waals surface area contributed by atoms with Crippen molar-refractivity contribution in [2.24, 2.45) is 0 Å².